The van der Waals surface area contributed by atoms with Gasteiger partial charge in [0.15, 0.2) is 0 Å². The summed E-state index contributed by atoms with van der Waals surface area (Å²) in [5.41, 5.74) is -1.13. The molecule has 0 bridgehead atoms. The van der Waals surface area contributed by atoms with E-state index in [4.69, 9.17) is 11.6 Å². The second kappa shape index (κ2) is 4.04. The average molecular weight is 226 g/mol. The number of halogens is 4. The largest absolute Gasteiger partial charge is 0.496 e. The maximum absolute atomic E-state index is 12.5. The van der Waals surface area contributed by atoms with Crippen LogP contribution in [0.2, 0.25) is 0 Å². The summed E-state index contributed by atoms with van der Waals surface area (Å²) in [5.74, 6) is -0.561. The van der Waals surface area contributed by atoms with E-state index in [0.717, 1.165) is 6.07 Å². The lowest BCUT2D eigenvalue weighted by Gasteiger charge is -2.13. The number of ether oxygens (including phenoxy) is 1. The molecule has 6 heteroatoms. The quantitative estimate of drug-likeness (QED) is 0.722. The zero-order valence-corrected chi connectivity index (χ0v) is 7.99. The fourth-order valence-corrected chi connectivity index (χ4v) is 1.26. The van der Waals surface area contributed by atoms with Gasteiger partial charge < -0.3 is 4.74 Å². The fourth-order valence-electron chi connectivity index (χ4n) is 1.06. The van der Waals surface area contributed by atoms with Gasteiger partial charge in [0.1, 0.15) is 11.3 Å². The molecule has 0 radical (unpaired) electrons. The molecule has 2 nitrogen and oxygen atoms in total. The van der Waals surface area contributed by atoms with E-state index in [1.165, 1.54) is 13.3 Å². The summed E-state index contributed by atoms with van der Waals surface area (Å²) in [6, 6.07) is 1.15. The summed E-state index contributed by atoms with van der Waals surface area (Å²) < 4.78 is 42.1. The van der Waals surface area contributed by atoms with Crippen LogP contribution in [0.25, 0.3) is 0 Å². The molecular weight excluding hydrogens is 219 g/mol. The zero-order chi connectivity index (χ0) is 10.8. The van der Waals surface area contributed by atoms with Crippen LogP contribution in [-0.2, 0) is 12.1 Å². The molecule has 78 valence electrons. The van der Waals surface area contributed by atoms with Gasteiger partial charge >= 0.3 is 6.18 Å². The van der Waals surface area contributed by atoms with Crippen molar-refractivity contribution in [1.29, 1.82) is 0 Å². The second-order valence-electron chi connectivity index (χ2n) is 2.47. The SMILES string of the molecule is COc1ccnc(CCl)c1C(F)(F)F. The highest BCUT2D eigenvalue weighted by molar-refractivity contribution is 6.17. The molecule has 0 N–H and O–H groups in total. The van der Waals surface area contributed by atoms with Gasteiger partial charge in [-0.2, -0.15) is 13.2 Å². The predicted molar refractivity (Wildman–Crippen MR) is 45.3 cm³/mol. The van der Waals surface area contributed by atoms with Crippen molar-refractivity contribution in [3.63, 3.8) is 0 Å². The van der Waals surface area contributed by atoms with Gasteiger partial charge in [-0.3, -0.25) is 4.98 Å². The molecule has 0 amide bonds. The molecule has 1 aromatic heterocycles. The van der Waals surface area contributed by atoms with Gasteiger partial charge in [0.2, 0.25) is 0 Å². The van der Waals surface area contributed by atoms with E-state index in [1.54, 1.807) is 0 Å². The smallest absolute Gasteiger partial charge is 0.421 e. The summed E-state index contributed by atoms with van der Waals surface area (Å²) in [6.07, 6.45) is -3.27. The van der Waals surface area contributed by atoms with Gasteiger partial charge in [-0.1, -0.05) is 0 Å². The first kappa shape index (κ1) is 11.1. The Morgan fingerprint density at radius 1 is 1.50 bits per heavy atom. The molecular formula is C8H7ClF3NO. The summed E-state index contributed by atoms with van der Waals surface area (Å²) in [6.45, 7) is 0. The zero-order valence-electron chi connectivity index (χ0n) is 7.23. The van der Waals surface area contributed by atoms with Crippen LogP contribution in [-0.4, -0.2) is 12.1 Å². The number of hydrogen-bond donors (Lipinski definition) is 0. The molecule has 0 spiro atoms. The lowest BCUT2D eigenvalue weighted by atomic mass is 10.2. The van der Waals surface area contributed by atoms with Crippen LogP contribution in [0.5, 0.6) is 5.75 Å². The van der Waals surface area contributed by atoms with Crippen LogP contribution < -0.4 is 4.74 Å². The highest BCUT2D eigenvalue weighted by Gasteiger charge is 2.37. The highest BCUT2D eigenvalue weighted by Crippen LogP contribution is 2.38. The Morgan fingerprint density at radius 2 is 2.14 bits per heavy atom. The molecule has 0 unspecified atom stereocenters. The minimum Gasteiger partial charge on any atom is -0.496 e. The first-order valence-corrected chi connectivity index (χ1v) is 4.19. The lowest BCUT2D eigenvalue weighted by Crippen LogP contribution is -2.12. The lowest BCUT2D eigenvalue weighted by molar-refractivity contribution is -0.139. The number of rotatable bonds is 2. The predicted octanol–water partition coefficient (Wildman–Crippen LogP) is 2.85. The molecule has 0 fully saturated rings. The number of nitrogens with zero attached hydrogens (tertiary/aromatic N) is 1. The van der Waals surface area contributed by atoms with Gasteiger partial charge in [-0.25, -0.2) is 0 Å². The van der Waals surface area contributed by atoms with Crippen molar-refractivity contribution in [2.45, 2.75) is 12.1 Å². The van der Waals surface area contributed by atoms with E-state index < -0.39 is 11.7 Å². The highest BCUT2D eigenvalue weighted by atomic mass is 35.5. The van der Waals surface area contributed by atoms with Crippen LogP contribution in [0.1, 0.15) is 11.3 Å². The van der Waals surface area contributed by atoms with Crippen molar-refractivity contribution in [2.24, 2.45) is 0 Å². The summed E-state index contributed by atoms with van der Waals surface area (Å²) in [5, 5.41) is 0. The van der Waals surface area contributed by atoms with E-state index in [1.807, 2.05) is 0 Å². The van der Waals surface area contributed by atoms with E-state index in [2.05, 4.69) is 9.72 Å². The Balaban J connectivity index is 3.34. The third-order valence-corrected chi connectivity index (χ3v) is 1.87. The van der Waals surface area contributed by atoms with E-state index in [-0.39, 0.29) is 17.3 Å². The van der Waals surface area contributed by atoms with Crippen LogP contribution in [0, 0.1) is 0 Å². The Bertz CT molecular complexity index is 305. The first-order valence-electron chi connectivity index (χ1n) is 3.65. The van der Waals surface area contributed by atoms with Crippen LogP contribution in [0.3, 0.4) is 0 Å². The summed E-state index contributed by atoms with van der Waals surface area (Å²) >= 11 is 5.35. The number of pyridine rings is 1. The first-order chi connectivity index (χ1) is 6.50. The molecule has 0 saturated carbocycles. The molecule has 1 rings (SSSR count). The molecule has 0 aliphatic rings. The van der Waals surface area contributed by atoms with Crippen molar-refractivity contribution in [3.8, 4) is 5.75 Å². The molecule has 14 heavy (non-hydrogen) atoms. The number of alkyl halides is 4. The fraction of sp³-hybridized carbons (Fsp3) is 0.375. The van der Waals surface area contributed by atoms with Crippen molar-refractivity contribution < 1.29 is 17.9 Å². The minimum atomic E-state index is -4.50. The molecule has 1 aromatic rings. The number of hydrogen-bond acceptors (Lipinski definition) is 2. The molecule has 0 atom stereocenters. The summed E-state index contributed by atoms with van der Waals surface area (Å²) in [4.78, 5) is 3.54. The Kier molecular flexibility index (Phi) is 3.21. The second-order valence-corrected chi connectivity index (χ2v) is 2.73. The minimum absolute atomic E-state index is 0.224. The third kappa shape index (κ3) is 2.09. The average Bonchev–Trinajstić information content (AvgIpc) is 2.15. The van der Waals surface area contributed by atoms with Crippen LogP contribution in [0.4, 0.5) is 13.2 Å². The maximum atomic E-state index is 12.5. The number of aromatic nitrogens is 1. The molecule has 1 heterocycles. The van der Waals surface area contributed by atoms with Crippen LogP contribution >= 0.6 is 11.6 Å². The molecule has 0 aromatic carbocycles. The Morgan fingerprint density at radius 3 is 2.57 bits per heavy atom. The standard InChI is InChI=1S/C8H7ClF3NO/c1-14-6-2-3-13-5(4-9)7(6)8(10,11)12/h2-3H,4H2,1H3. The normalized spacial score (nSPS) is 11.5. The summed E-state index contributed by atoms with van der Waals surface area (Å²) in [7, 11) is 1.17. The van der Waals surface area contributed by atoms with E-state index in [0.29, 0.717) is 0 Å². The molecule has 0 aliphatic heterocycles. The van der Waals surface area contributed by atoms with Gasteiger partial charge in [0.25, 0.3) is 0 Å². The van der Waals surface area contributed by atoms with Crippen molar-refractivity contribution in [2.75, 3.05) is 7.11 Å². The Labute approximate surface area is 83.7 Å². The maximum Gasteiger partial charge on any atom is 0.421 e. The van der Waals surface area contributed by atoms with Crippen LogP contribution in [0.15, 0.2) is 12.3 Å². The van der Waals surface area contributed by atoms with E-state index >= 15 is 0 Å². The van der Waals surface area contributed by atoms with Crippen molar-refractivity contribution in [3.05, 3.63) is 23.5 Å². The van der Waals surface area contributed by atoms with Crippen molar-refractivity contribution in [1.82, 2.24) is 4.98 Å². The van der Waals surface area contributed by atoms with Gasteiger partial charge in [-0.05, 0) is 6.07 Å². The van der Waals surface area contributed by atoms with Gasteiger partial charge in [-0.15, -0.1) is 11.6 Å². The topological polar surface area (TPSA) is 22.1 Å². The monoisotopic (exact) mass is 225 g/mol. The molecule has 0 aliphatic carbocycles. The number of methoxy groups -OCH3 is 1. The Hall–Kier alpha value is -0.970. The third-order valence-electron chi connectivity index (χ3n) is 1.62. The van der Waals surface area contributed by atoms with Crippen molar-refractivity contribution >= 4 is 11.6 Å². The molecule has 0 saturated heterocycles. The van der Waals surface area contributed by atoms with Gasteiger partial charge in [0.05, 0.1) is 18.7 Å². The van der Waals surface area contributed by atoms with Gasteiger partial charge in [0, 0.05) is 6.20 Å². The van der Waals surface area contributed by atoms with E-state index in [9.17, 15) is 13.2 Å².